The molecule has 0 amide bonds. The predicted molar refractivity (Wildman–Crippen MR) is 71.0 cm³/mol. The summed E-state index contributed by atoms with van der Waals surface area (Å²) in [5.41, 5.74) is 1.42. The Hall–Kier alpha value is -0.860. The van der Waals surface area contributed by atoms with Gasteiger partial charge < -0.3 is 4.74 Å². The van der Waals surface area contributed by atoms with Crippen LogP contribution < -0.4 is 0 Å². The molecule has 0 aliphatic carbocycles. The zero-order chi connectivity index (χ0) is 11.9. The van der Waals surface area contributed by atoms with Gasteiger partial charge in [0, 0.05) is 32.3 Å². The molecule has 2 heteroatoms. The SMILES string of the molecule is CCCCOCC[C@H]1CN1Cc1ccccc1. The minimum absolute atomic E-state index is 0.761. The number of hydrogen-bond acceptors (Lipinski definition) is 2. The first-order chi connectivity index (χ1) is 8.40. The Morgan fingerprint density at radius 1 is 1.24 bits per heavy atom. The van der Waals surface area contributed by atoms with E-state index in [0.29, 0.717) is 0 Å². The van der Waals surface area contributed by atoms with Crippen molar-refractivity contribution < 1.29 is 4.74 Å². The molecule has 2 nitrogen and oxygen atoms in total. The smallest absolute Gasteiger partial charge is 0.0481 e. The molecule has 0 saturated carbocycles. The summed E-state index contributed by atoms with van der Waals surface area (Å²) in [6, 6.07) is 11.5. The summed E-state index contributed by atoms with van der Waals surface area (Å²) in [4.78, 5) is 2.51. The third-order valence-electron chi connectivity index (χ3n) is 3.29. The second-order valence-corrected chi connectivity index (χ2v) is 4.82. The molecule has 1 aromatic carbocycles. The third-order valence-corrected chi connectivity index (χ3v) is 3.29. The van der Waals surface area contributed by atoms with Crippen molar-refractivity contribution in [2.24, 2.45) is 0 Å². The summed E-state index contributed by atoms with van der Waals surface area (Å²) in [5.74, 6) is 0. The number of ether oxygens (including phenoxy) is 1. The Morgan fingerprint density at radius 3 is 2.82 bits per heavy atom. The molecule has 2 atom stereocenters. The van der Waals surface area contributed by atoms with Crippen LogP contribution >= 0.6 is 0 Å². The molecule has 1 unspecified atom stereocenters. The molecule has 0 bridgehead atoms. The number of rotatable bonds is 8. The van der Waals surface area contributed by atoms with E-state index in [1.54, 1.807) is 0 Å². The van der Waals surface area contributed by atoms with Crippen molar-refractivity contribution in [2.75, 3.05) is 19.8 Å². The number of benzene rings is 1. The molecule has 1 fully saturated rings. The van der Waals surface area contributed by atoms with Crippen molar-refractivity contribution >= 4 is 0 Å². The molecule has 1 aromatic rings. The van der Waals surface area contributed by atoms with Crippen molar-refractivity contribution in [1.82, 2.24) is 4.90 Å². The van der Waals surface area contributed by atoms with Gasteiger partial charge in [-0.3, -0.25) is 4.90 Å². The van der Waals surface area contributed by atoms with E-state index in [0.717, 1.165) is 25.8 Å². The number of hydrogen-bond donors (Lipinski definition) is 0. The summed E-state index contributed by atoms with van der Waals surface area (Å²) in [6.45, 7) is 6.40. The van der Waals surface area contributed by atoms with Gasteiger partial charge in [0.05, 0.1) is 0 Å². The molecule has 0 N–H and O–H groups in total. The van der Waals surface area contributed by atoms with Crippen molar-refractivity contribution in [2.45, 2.75) is 38.8 Å². The molecule has 1 heterocycles. The molecule has 94 valence electrons. The Morgan fingerprint density at radius 2 is 2.06 bits per heavy atom. The zero-order valence-corrected chi connectivity index (χ0v) is 10.8. The number of nitrogens with zero attached hydrogens (tertiary/aromatic N) is 1. The maximum atomic E-state index is 5.60. The maximum absolute atomic E-state index is 5.60. The average molecular weight is 233 g/mol. The van der Waals surface area contributed by atoms with Crippen LogP contribution in [0.5, 0.6) is 0 Å². The number of unbranched alkanes of at least 4 members (excludes halogenated alkanes) is 1. The predicted octanol–water partition coefficient (Wildman–Crippen LogP) is 3.08. The lowest BCUT2D eigenvalue weighted by Gasteiger charge is -2.05. The largest absolute Gasteiger partial charge is 0.381 e. The molecule has 0 spiro atoms. The van der Waals surface area contributed by atoms with Crippen LogP contribution in [0.4, 0.5) is 0 Å². The first-order valence-electron chi connectivity index (χ1n) is 6.76. The van der Waals surface area contributed by atoms with E-state index >= 15 is 0 Å². The van der Waals surface area contributed by atoms with Crippen molar-refractivity contribution in [3.8, 4) is 0 Å². The lowest BCUT2D eigenvalue weighted by molar-refractivity contribution is 0.126. The van der Waals surface area contributed by atoms with Gasteiger partial charge in [-0.25, -0.2) is 0 Å². The van der Waals surface area contributed by atoms with Crippen LogP contribution in [0.2, 0.25) is 0 Å². The van der Waals surface area contributed by atoms with Crippen LogP contribution in [0, 0.1) is 0 Å². The van der Waals surface area contributed by atoms with Crippen LogP contribution in [-0.4, -0.2) is 30.7 Å². The minimum atomic E-state index is 0.761. The van der Waals surface area contributed by atoms with Gasteiger partial charge in [-0.05, 0) is 18.4 Å². The molecule has 0 radical (unpaired) electrons. The van der Waals surface area contributed by atoms with Gasteiger partial charge in [-0.15, -0.1) is 0 Å². The average Bonchev–Trinajstić information content (AvgIpc) is 3.09. The Labute approximate surface area is 105 Å². The molecule has 2 rings (SSSR count). The van der Waals surface area contributed by atoms with Gasteiger partial charge in [0.1, 0.15) is 0 Å². The first kappa shape index (κ1) is 12.6. The van der Waals surface area contributed by atoms with Gasteiger partial charge in [0.25, 0.3) is 0 Å². The normalized spacial score (nSPS) is 22.6. The minimum Gasteiger partial charge on any atom is -0.381 e. The third kappa shape index (κ3) is 4.49. The highest BCUT2D eigenvalue weighted by molar-refractivity contribution is 5.15. The molecule has 1 aliphatic heterocycles. The van der Waals surface area contributed by atoms with Crippen LogP contribution in [0.1, 0.15) is 31.7 Å². The lowest BCUT2D eigenvalue weighted by Crippen LogP contribution is -2.06. The van der Waals surface area contributed by atoms with Crippen molar-refractivity contribution in [1.29, 1.82) is 0 Å². The van der Waals surface area contributed by atoms with Gasteiger partial charge in [-0.2, -0.15) is 0 Å². The second-order valence-electron chi connectivity index (χ2n) is 4.82. The topological polar surface area (TPSA) is 12.2 Å². The summed E-state index contributed by atoms with van der Waals surface area (Å²) in [7, 11) is 0. The standard InChI is InChI=1S/C15H23NO/c1-2-3-10-17-11-9-15-13-16(15)12-14-7-5-4-6-8-14/h4-8,15H,2-3,9-13H2,1H3/t15-,16?/m0/s1. The van der Waals surface area contributed by atoms with E-state index in [-0.39, 0.29) is 0 Å². The maximum Gasteiger partial charge on any atom is 0.0481 e. The quantitative estimate of drug-likeness (QED) is 0.505. The van der Waals surface area contributed by atoms with Gasteiger partial charge >= 0.3 is 0 Å². The van der Waals surface area contributed by atoms with Crippen LogP contribution in [0.15, 0.2) is 30.3 Å². The highest BCUT2D eigenvalue weighted by atomic mass is 16.5. The highest BCUT2D eigenvalue weighted by Crippen LogP contribution is 2.23. The molecule has 0 aromatic heterocycles. The summed E-state index contributed by atoms with van der Waals surface area (Å²) in [6.07, 6.45) is 3.61. The Kier molecular flexibility index (Phi) is 5.02. The Balaban J connectivity index is 1.55. The fourth-order valence-electron chi connectivity index (χ4n) is 2.08. The molecular formula is C15H23NO. The lowest BCUT2D eigenvalue weighted by atomic mass is 10.2. The van der Waals surface area contributed by atoms with E-state index in [1.165, 1.54) is 31.4 Å². The summed E-state index contributed by atoms with van der Waals surface area (Å²) < 4.78 is 5.60. The molecule has 1 aliphatic rings. The second kappa shape index (κ2) is 6.77. The van der Waals surface area contributed by atoms with Crippen molar-refractivity contribution in [3.05, 3.63) is 35.9 Å². The van der Waals surface area contributed by atoms with Gasteiger partial charge in [0.15, 0.2) is 0 Å². The Bertz CT molecular complexity index is 312. The van der Waals surface area contributed by atoms with E-state index in [9.17, 15) is 0 Å². The van der Waals surface area contributed by atoms with E-state index in [2.05, 4.69) is 42.2 Å². The fourth-order valence-corrected chi connectivity index (χ4v) is 2.08. The van der Waals surface area contributed by atoms with Gasteiger partial charge in [-0.1, -0.05) is 43.7 Å². The molecular weight excluding hydrogens is 210 g/mol. The highest BCUT2D eigenvalue weighted by Gasteiger charge is 2.32. The van der Waals surface area contributed by atoms with E-state index < -0.39 is 0 Å². The summed E-state index contributed by atoms with van der Waals surface area (Å²) >= 11 is 0. The van der Waals surface area contributed by atoms with E-state index in [4.69, 9.17) is 4.74 Å². The first-order valence-corrected chi connectivity index (χ1v) is 6.76. The fraction of sp³-hybridized carbons (Fsp3) is 0.600. The van der Waals surface area contributed by atoms with Crippen molar-refractivity contribution in [3.63, 3.8) is 0 Å². The van der Waals surface area contributed by atoms with Gasteiger partial charge in [0.2, 0.25) is 0 Å². The van der Waals surface area contributed by atoms with E-state index in [1.807, 2.05) is 0 Å². The van der Waals surface area contributed by atoms with Crippen LogP contribution in [-0.2, 0) is 11.3 Å². The molecule has 17 heavy (non-hydrogen) atoms. The van der Waals surface area contributed by atoms with Crippen LogP contribution in [0.25, 0.3) is 0 Å². The summed E-state index contributed by atoms with van der Waals surface area (Å²) in [5, 5.41) is 0. The molecule has 1 saturated heterocycles. The monoisotopic (exact) mass is 233 g/mol. The van der Waals surface area contributed by atoms with Crippen LogP contribution in [0.3, 0.4) is 0 Å². The zero-order valence-electron chi connectivity index (χ0n) is 10.8.